The molecular formula is C13H23N. The highest BCUT2D eigenvalue weighted by molar-refractivity contribution is 5.18. The van der Waals surface area contributed by atoms with Crippen LogP contribution in [-0.2, 0) is 0 Å². The van der Waals surface area contributed by atoms with Crippen molar-refractivity contribution in [1.82, 2.24) is 0 Å². The van der Waals surface area contributed by atoms with Crippen LogP contribution in [0.1, 0.15) is 58.3 Å². The van der Waals surface area contributed by atoms with Crippen LogP contribution in [0, 0.1) is 5.92 Å². The maximum absolute atomic E-state index is 5.93. The molecule has 1 unspecified atom stereocenters. The molecule has 1 heteroatoms. The van der Waals surface area contributed by atoms with E-state index in [1.807, 2.05) is 0 Å². The fourth-order valence-electron chi connectivity index (χ4n) is 2.95. The lowest BCUT2D eigenvalue weighted by molar-refractivity contribution is 0.435. The number of hydrogen-bond acceptors (Lipinski definition) is 1. The lowest BCUT2D eigenvalue weighted by atomic mass is 9.80. The van der Waals surface area contributed by atoms with Gasteiger partial charge in [0.25, 0.3) is 0 Å². The molecule has 2 N–H and O–H groups in total. The maximum Gasteiger partial charge on any atom is 0.00449 e. The second-order valence-corrected chi connectivity index (χ2v) is 5.25. The smallest absolute Gasteiger partial charge is 0.00449 e. The molecule has 0 aromatic rings. The van der Waals surface area contributed by atoms with Gasteiger partial charge in [-0.25, -0.2) is 0 Å². The summed E-state index contributed by atoms with van der Waals surface area (Å²) in [6, 6.07) is 0.486. The van der Waals surface area contributed by atoms with Crippen molar-refractivity contribution in [2.24, 2.45) is 11.7 Å². The normalized spacial score (nSPS) is 34.7. The Labute approximate surface area is 87.8 Å². The summed E-state index contributed by atoms with van der Waals surface area (Å²) in [4.78, 5) is 0. The molecule has 0 heterocycles. The Morgan fingerprint density at radius 2 is 1.71 bits per heavy atom. The molecule has 0 radical (unpaired) electrons. The molecule has 0 spiro atoms. The van der Waals surface area contributed by atoms with Crippen LogP contribution in [0.15, 0.2) is 11.1 Å². The maximum atomic E-state index is 5.93. The molecule has 2 aliphatic rings. The lowest BCUT2D eigenvalue weighted by Gasteiger charge is -2.28. The SMILES string of the molecule is CC1CCCC(=C2CCC(N)CC2)C1. The van der Waals surface area contributed by atoms with E-state index in [0.29, 0.717) is 6.04 Å². The molecule has 2 aliphatic carbocycles. The van der Waals surface area contributed by atoms with E-state index in [2.05, 4.69) is 6.92 Å². The van der Waals surface area contributed by atoms with Crippen LogP contribution >= 0.6 is 0 Å². The summed E-state index contributed by atoms with van der Waals surface area (Å²) in [5, 5.41) is 0. The monoisotopic (exact) mass is 193 g/mol. The zero-order chi connectivity index (χ0) is 9.97. The van der Waals surface area contributed by atoms with Gasteiger partial charge < -0.3 is 5.73 Å². The van der Waals surface area contributed by atoms with Gasteiger partial charge in [-0.05, 0) is 50.9 Å². The summed E-state index contributed by atoms with van der Waals surface area (Å²) >= 11 is 0. The van der Waals surface area contributed by atoms with Gasteiger partial charge in [0.2, 0.25) is 0 Å². The van der Waals surface area contributed by atoms with E-state index in [1.54, 1.807) is 11.1 Å². The molecular weight excluding hydrogens is 170 g/mol. The standard InChI is InChI=1S/C13H23N/c1-10-3-2-4-12(9-10)11-5-7-13(14)8-6-11/h10,13H,2-9,14H2,1H3. The van der Waals surface area contributed by atoms with Crippen molar-refractivity contribution >= 4 is 0 Å². The van der Waals surface area contributed by atoms with E-state index in [-0.39, 0.29) is 0 Å². The van der Waals surface area contributed by atoms with E-state index in [4.69, 9.17) is 5.73 Å². The van der Waals surface area contributed by atoms with Gasteiger partial charge in [-0.3, -0.25) is 0 Å². The zero-order valence-electron chi connectivity index (χ0n) is 9.39. The number of hydrogen-bond donors (Lipinski definition) is 1. The topological polar surface area (TPSA) is 26.0 Å². The molecule has 0 aromatic carbocycles. The molecule has 0 amide bonds. The van der Waals surface area contributed by atoms with Crippen molar-refractivity contribution in [3.63, 3.8) is 0 Å². The summed E-state index contributed by atoms with van der Waals surface area (Å²) in [6.45, 7) is 2.40. The highest BCUT2D eigenvalue weighted by Crippen LogP contribution is 2.35. The minimum Gasteiger partial charge on any atom is -0.328 e. The average molecular weight is 193 g/mol. The van der Waals surface area contributed by atoms with E-state index < -0.39 is 0 Å². The first-order chi connectivity index (χ1) is 6.75. The molecule has 1 nitrogen and oxygen atoms in total. The van der Waals surface area contributed by atoms with Crippen molar-refractivity contribution in [2.45, 2.75) is 64.3 Å². The van der Waals surface area contributed by atoms with Gasteiger partial charge >= 0.3 is 0 Å². The lowest BCUT2D eigenvalue weighted by Crippen LogP contribution is -2.24. The first kappa shape index (κ1) is 10.2. The second-order valence-electron chi connectivity index (χ2n) is 5.25. The minimum absolute atomic E-state index is 0.486. The second kappa shape index (κ2) is 4.48. The zero-order valence-corrected chi connectivity index (χ0v) is 9.39. The van der Waals surface area contributed by atoms with E-state index in [0.717, 1.165) is 5.92 Å². The quantitative estimate of drug-likeness (QED) is 0.586. The third-order valence-electron chi connectivity index (χ3n) is 3.90. The van der Waals surface area contributed by atoms with Crippen LogP contribution in [0.2, 0.25) is 0 Å². The first-order valence-electron chi connectivity index (χ1n) is 6.21. The van der Waals surface area contributed by atoms with Crippen molar-refractivity contribution in [3.05, 3.63) is 11.1 Å². The number of allylic oxidation sites excluding steroid dienone is 2. The van der Waals surface area contributed by atoms with Crippen molar-refractivity contribution in [3.8, 4) is 0 Å². The summed E-state index contributed by atoms with van der Waals surface area (Å²) in [5.74, 6) is 0.932. The Balaban J connectivity index is 1.99. The van der Waals surface area contributed by atoms with Crippen LogP contribution < -0.4 is 5.73 Å². The predicted octanol–water partition coefficient (Wildman–Crippen LogP) is 3.39. The van der Waals surface area contributed by atoms with Crippen LogP contribution in [0.5, 0.6) is 0 Å². The van der Waals surface area contributed by atoms with Crippen LogP contribution in [-0.4, -0.2) is 6.04 Å². The molecule has 2 fully saturated rings. The largest absolute Gasteiger partial charge is 0.328 e. The Kier molecular flexibility index (Phi) is 3.27. The van der Waals surface area contributed by atoms with E-state index in [9.17, 15) is 0 Å². The summed E-state index contributed by atoms with van der Waals surface area (Å²) in [5.41, 5.74) is 9.51. The highest BCUT2D eigenvalue weighted by atomic mass is 14.6. The summed E-state index contributed by atoms with van der Waals surface area (Å²) in [7, 11) is 0. The molecule has 0 aliphatic heterocycles. The third kappa shape index (κ3) is 2.38. The van der Waals surface area contributed by atoms with Gasteiger partial charge in [-0.15, -0.1) is 0 Å². The summed E-state index contributed by atoms with van der Waals surface area (Å²) in [6.07, 6.45) is 10.7. The molecule has 0 aromatic heterocycles. The van der Waals surface area contributed by atoms with Crippen molar-refractivity contribution < 1.29 is 0 Å². The Morgan fingerprint density at radius 1 is 1.00 bits per heavy atom. The predicted molar refractivity (Wildman–Crippen MR) is 61.1 cm³/mol. The molecule has 0 saturated heterocycles. The molecule has 14 heavy (non-hydrogen) atoms. The van der Waals surface area contributed by atoms with E-state index >= 15 is 0 Å². The van der Waals surface area contributed by atoms with Gasteiger partial charge in [-0.1, -0.05) is 24.5 Å². The average Bonchev–Trinajstić information content (AvgIpc) is 2.19. The highest BCUT2D eigenvalue weighted by Gasteiger charge is 2.19. The Hall–Kier alpha value is -0.300. The molecule has 80 valence electrons. The molecule has 1 atom stereocenters. The van der Waals surface area contributed by atoms with Crippen LogP contribution in [0.3, 0.4) is 0 Å². The van der Waals surface area contributed by atoms with Gasteiger partial charge in [0, 0.05) is 6.04 Å². The van der Waals surface area contributed by atoms with Crippen molar-refractivity contribution in [2.75, 3.05) is 0 Å². The Bertz CT molecular complexity index is 219. The van der Waals surface area contributed by atoms with Gasteiger partial charge in [-0.2, -0.15) is 0 Å². The van der Waals surface area contributed by atoms with E-state index in [1.165, 1.54) is 51.4 Å². The first-order valence-corrected chi connectivity index (χ1v) is 6.21. The number of nitrogens with two attached hydrogens (primary N) is 1. The minimum atomic E-state index is 0.486. The third-order valence-corrected chi connectivity index (χ3v) is 3.90. The fraction of sp³-hybridized carbons (Fsp3) is 0.846. The van der Waals surface area contributed by atoms with Crippen LogP contribution in [0.4, 0.5) is 0 Å². The van der Waals surface area contributed by atoms with Gasteiger partial charge in [0.05, 0.1) is 0 Å². The van der Waals surface area contributed by atoms with Crippen LogP contribution in [0.25, 0.3) is 0 Å². The van der Waals surface area contributed by atoms with Gasteiger partial charge in [0.1, 0.15) is 0 Å². The van der Waals surface area contributed by atoms with Gasteiger partial charge in [0.15, 0.2) is 0 Å². The fourth-order valence-corrected chi connectivity index (χ4v) is 2.95. The molecule has 0 bridgehead atoms. The van der Waals surface area contributed by atoms with Crippen molar-refractivity contribution in [1.29, 1.82) is 0 Å². The molecule has 2 rings (SSSR count). The Morgan fingerprint density at radius 3 is 2.36 bits per heavy atom. The number of rotatable bonds is 0. The summed E-state index contributed by atoms with van der Waals surface area (Å²) < 4.78 is 0. The molecule has 2 saturated carbocycles.